The second kappa shape index (κ2) is 4.69. The van der Waals surface area contributed by atoms with E-state index in [1.807, 2.05) is 20.8 Å². The lowest BCUT2D eigenvalue weighted by Crippen LogP contribution is -2.61. The van der Waals surface area contributed by atoms with Gasteiger partial charge in [0.15, 0.2) is 0 Å². The van der Waals surface area contributed by atoms with E-state index in [9.17, 15) is 9.90 Å². The summed E-state index contributed by atoms with van der Waals surface area (Å²) in [5, 5.41) is 11.0. The van der Waals surface area contributed by atoms with Crippen molar-refractivity contribution in [2.24, 2.45) is 0 Å². The van der Waals surface area contributed by atoms with Crippen molar-refractivity contribution in [2.45, 2.75) is 32.0 Å². The summed E-state index contributed by atoms with van der Waals surface area (Å²) in [6.07, 6.45) is -0.404. The quantitative estimate of drug-likeness (QED) is 0.862. The van der Waals surface area contributed by atoms with Gasteiger partial charge in [0, 0.05) is 5.02 Å². The first-order chi connectivity index (χ1) is 8.70. The Balaban J connectivity index is 2.00. The van der Waals surface area contributed by atoms with Crippen LogP contribution in [0.3, 0.4) is 0 Å². The molecule has 4 nitrogen and oxygen atoms in total. The van der Waals surface area contributed by atoms with E-state index in [2.05, 4.69) is 0 Å². The molecule has 0 unspecified atom stereocenters. The van der Waals surface area contributed by atoms with E-state index in [0.717, 1.165) is 5.56 Å². The zero-order valence-electron chi connectivity index (χ0n) is 11.3. The van der Waals surface area contributed by atoms with Crippen molar-refractivity contribution in [2.75, 3.05) is 13.1 Å². The van der Waals surface area contributed by atoms with E-state index in [1.165, 1.54) is 4.90 Å². The van der Waals surface area contributed by atoms with E-state index >= 15 is 0 Å². The number of hydrogen-bond donors (Lipinski definition) is 1. The summed E-state index contributed by atoms with van der Waals surface area (Å²) in [6, 6.07) is 7.05. The number of carbonyl (C=O) groups excluding carboxylic acids is 1. The predicted molar refractivity (Wildman–Crippen MR) is 73.2 cm³/mol. The average molecular weight is 284 g/mol. The number of carbonyl (C=O) groups is 1. The van der Waals surface area contributed by atoms with Crippen molar-refractivity contribution in [1.82, 2.24) is 4.90 Å². The molecule has 1 aromatic carbocycles. The van der Waals surface area contributed by atoms with Gasteiger partial charge in [-0.05, 0) is 38.5 Å². The van der Waals surface area contributed by atoms with Gasteiger partial charge in [-0.1, -0.05) is 23.7 Å². The van der Waals surface area contributed by atoms with Crippen LogP contribution >= 0.6 is 11.6 Å². The fourth-order valence-electron chi connectivity index (χ4n) is 2.00. The van der Waals surface area contributed by atoms with Crippen molar-refractivity contribution < 1.29 is 14.6 Å². The summed E-state index contributed by atoms with van der Waals surface area (Å²) in [5.74, 6) is 0. The zero-order chi connectivity index (χ0) is 14.3. The van der Waals surface area contributed by atoms with Crippen LogP contribution in [0.2, 0.25) is 5.02 Å². The van der Waals surface area contributed by atoms with Crippen LogP contribution in [0.4, 0.5) is 4.79 Å². The molecule has 1 fully saturated rings. The van der Waals surface area contributed by atoms with Gasteiger partial charge in [-0.3, -0.25) is 0 Å². The molecule has 0 atom stereocenters. The lowest BCUT2D eigenvalue weighted by Gasteiger charge is -2.46. The molecular weight excluding hydrogens is 266 g/mol. The number of nitrogens with zero attached hydrogens (tertiary/aromatic N) is 1. The molecule has 1 saturated heterocycles. The van der Waals surface area contributed by atoms with Crippen LogP contribution in [0.5, 0.6) is 0 Å². The molecule has 1 aliphatic heterocycles. The first-order valence-electron chi connectivity index (χ1n) is 6.16. The minimum absolute atomic E-state index is 0.224. The number of benzene rings is 1. The first-order valence-corrected chi connectivity index (χ1v) is 6.54. The molecule has 1 aliphatic rings. The van der Waals surface area contributed by atoms with Gasteiger partial charge in [0.2, 0.25) is 0 Å². The highest BCUT2D eigenvalue weighted by Gasteiger charge is 2.46. The summed E-state index contributed by atoms with van der Waals surface area (Å²) >= 11 is 5.90. The zero-order valence-corrected chi connectivity index (χ0v) is 12.1. The first kappa shape index (κ1) is 14.2. The van der Waals surface area contributed by atoms with Crippen LogP contribution in [0.25, 0.3) is 0 Å². The minimum atomic E-state index is -1.03. The summed E-state index contributed by atoms with van der Waals surface area (Å²) in [4.78, 5) is 13.3. The van der Waals surface area contributed by atoms with E-state index in [4.69, 9.17) is 16.3 Å². The SMILES string of the molecule is CC(C)(C)OC(=O)N1CC(O)(c2cccc(Cl)c2)C1. The Labute approximate surface area is 117 Å². The summed E-state index contributed by atoms with van der Waals surface area (Å²) in [6.45, 7) is 5.89. The monoisotopic (exact) mass is 283 g/mol. The fraction of sp³-hybridized carbons (Fsp3) is 0.500. The molecular formula is C14H18ClNO3. The van der Waals surface area contributed by atoms with Crippen LogP contribution in [0, 0.1) is 0 Å². The second-order valence-electron chi connectivity index (χ2n) is 5.88. The molecule has 0 saturated carbocycles. The van der Waals surface area contributed by atoms with Gasteiger partial charge in [-0.15, -0.1) is 0 Å². The Hall–Kier alpha value is -1.26. The van der Waals surface area contributed by atoms with Crippen LogP contribution < -0.4 is 0 Å². The maximum atomic E-state index is 11.8. The predicted octanol–water partition coefficient (Wildman–Crippen LogP) is 2.78. The standard InChI is InChI=1S/C14H18ClNO3/c1-13(2,3)19-12(17)16-8-14(18,9-16)10-5-4-6-11(15)7-10/h4-7,18H,8-9H2,1-3H3. The molecule has 1 heterocycles. The highest BCUT2D eigenvalue weighted by Crippen LogP contribution is 2.33. The molecule has 0 aliphatic carbocycles. The summed E-state index contributed by atoms with van der Waals surface area (Å²) < 4.78 is 5.24. The average Bonchev–Trinajstić information content (AvgIpc) is 2.22. The normalized spacial score (nSPS) is 17.8. The van der Waals surface area contributed by atoms with Crippen LogP contribution in [0.1, 0.15) is 26.3 Å². The van der Waals surface area contributed by atoms with Crippen LogP contribution in [-0.4, -0.2) is 34.8 Å². The summed E-state index contributed by atoms with van der Waals surface area (Å²) in [5.41, 5.74) is -0.831. The number of amides is 1. The number of ether oxygens (including phenoxy) is 1. The van der Waals surface area contributed by atoms with Crippen molar-refractivity contribution in [3.8, 4) is 0 Å². The van der Waals surface area contributed by atoms with Crippen molar-refractivity contribution in [1.29, 1.82) is 0 Å². The lowest BCUT2D eigenvalue weighted by atomic mass is 9.86. The van der Waals surface area contributed by atoms with Gasteiger partial charge >= 0.3 is 6.09 Å². The Bertz CT molecular complexity index is 490. The van der Waals surface area contributed by atoms with Crippen LogP contribution in [-0.2, 0) is 10.3 Å². The Kier molecular flexibility index (Phi) is 3.49. The third-order valence-corrected chi connectivity index (χ3v) is 3.15. The number of β-amino-alcohol motifs (C(OH)–C–C–N with tert-alkyl or cyclic N) is 1. The van der Waals surface area contributed by atoms with Crippen LogP contribution in [0.15, 0.2) is 24.3 Å². The van der Waals surface area contributed by atoms with Gasteiger partial charge < -0.3 is 14.7 Å². The molecule has 104 valence electrons. The molecule has 19 heavy (non-hydrogen) atoms. The number of likely N-dealkylation sites (tertiary alicyclic amines) is 1. The van der Waals surface area contributed by atoms with E-state index in [0.29, 0.717) is 5.02 Å². The molecule has 2 rings (SSSR count). The third-order valence-electron chi connectivity index (χ3n) is 2.92. The minimum Gasteiger partial charge on any atom is -0.444 e. The van der Waals surface area contributed by atoms with Crippen molar-refractivity contribution in [3.05, 3.63) is 34.9 Å². The maximum absolute atomic E-state index is 11.8. The van der Waals surface area contributed by atoms with Gasteiger partial charge in [0.05, 0.1) is 13.1 Å². The summed E-state index contributed by atoms with van der Waals surface area (Å²) in [7, 11) is 0. The number of halogens is 1. The van der Waals surface area contributed by atoms with Gasteiger partial charge in [0.25, 0.3) is 0 Å². The van der Waals surface area contributed by atoms with Crippen molar-refractivity contribution in [3.63, 3.8) is 0 Å². The molecule has 0 spiro atoms. The van der Waals surface area contributed by atoms with E-state index in [-0.39, 0.29) is 13.1 Å². The third kappa shape index (κ3) is 3.19. The van der Waals surface area contributed by atoms with Gasteiger partial charge in [-0.25, -0.2) is 4.79 Å². The number of aliphatic hydroxyl groups is 1. The molecule has 5 heteroatoms. The van der Waals surface area contributed by atoms with Gasteiger partial charge in [0.1, 0.15) is 11.2 Å². The van der Waals surface area contributed by atoms with E-state index < -0.39 is 17.3 Å². The maximum Gasteiger partial charge on any atom is 0.410 e. The highest BCUT2D eigenvalue weighted by molar-refractivity contribution is 6.30. The lowest BCUT2D eigenvalue weighted by molar-refractivity contribution is -0.103. The number of rotatable bonds is 1. The van der Waals surface area contributed by atoms with Crippen molar-refractivity contribution >= 4 is 17.7 Å². The molecule has 1 aromatic rings. The number of hydrogen-bond acceptors (Lipinski definition) is 3. The van der Waals surface area contributed by atoms with E-state index in [1.54, 1.807) is 24.3 Å². The molecule has 0 bridgehead atoms. The Morgan fingerprint density at radius 3 is 2.58 bits per heavy atom. The Morgan fingerprint density at radius 1 is 1.42 bits per heavy atom. The molecule has 0 radical (unpaired) electrons. The molecule has 1 N–H and O–H groups in total. The second-order valence-corrected chi connectivity index (χ2v) is 6.31. The largest absolute Gasteiger partial charge is 0.444 e. The van der Waals surface area contributed by atoms with Gasteiger partial charge in [-0.2, -0.15) is 0 Å². The highest BCUT2D eigenvalue weighted by atomic mass is 35.5. The topological polar surface area (TPSA) is 49.8 Å². The fourth-order valence-corrected chi connectivity index (χ4v) is 2.19. The Morgan fingerprint density at radius 2 is 2.05 bits per heavy atom. The molecule has 0 aromatic heterocycles. The molecule has 1 amide bonds. The smallest absolute Gasteiger partial charge is 0.410 e.